The molecule has 0 aliphatic heterocycles. The van der Waals surface area contributed by atoms with Crippen LogP contribution in [0, 0.1) is 17.8 Å². The summed E-state index contributed by atoms with van der Waals surface area (Å²) in [5.74, 6) is 2.38. The third kappa shape index (κ3) is 5.39. The largest absolute Gasteiger partial charge is 0.372 e. The third-order valence-electron chi connectivity index (χ3n) is 4.06. The number of rotatable bonds is 5. The molecule has 1 rings (SSSR count). The quantitative estimate of drug-likeness (QED) is 0.673. The standard InChI is InChI=1S/C15H32NO/c1-12(2)14-8-7-13(3)11-15(14)17-10-9-16(4,5)6/h12-15H,7-11H2,1-6H3/q+1/t13-,14+,15+/m1/s1. The molecule has 0 aromatic rings. The average Bonchev–Trinajstić information content (AvgIpc) is 2.15. The molecule has 17 heavy (non-hydrogen) atoms. The summed E-state index contributed by atoms with van der Waals surface area (Å²) < 4.78 is 7.18. The van der Waals surface area contributed by atoms with Crippen LogP contribution in [0.5, 0.6) is 0 Å². The van der Waals surface area contributed by atoms with Gasteiger partial charge in [-0.25, -0.2) is 0 Å². The Morgan fingerprint density at radius 1 is 1.18 bits per heavy atom. The van der Waals surface area contributed by atoms with E-state index in [-0.39, 0.29) is 0 Å². The van der Waals surface area contributed by atoms with Crippen LogP contribution in [-0.2, 0) is 4.74 Å². The molecule has 1 saturated carbocycles. The van der Waals surface area contributed by atoms with Gasteiger partial charge in [0.25, 0.3) is 0 Å². The summed E-state index contributed by atoms with van der Waals surface area (Å²) in [6.45, 7) is 9.07. The Hall–Kier alpha value is -0.0800. The first kappa shape index (κ1) is 15.0. The molecule has 2 heteroatoms. The summed E-state index contributed by atoms with van der Waals surface area (Å²) in [5, 5.41) is 0. The maximum absolute atomic E-state index is 6.19. The number of likely N-dealkylation sites (N-methyl/N-ethyl adjacent to an activating group) is 1. The highest BCUT2D eigenvalue weighted by molar-refractivity contribution is 4.81. The van der Waals surface area contributed by atoms with Gasteiger partial charge in [-0.05, 0) is 30.6 Å². The van der Waals surface area contributed by atoms with Crippen molar-refractivity contribution in [3.05, 3.63) is 0 Å². The van der Waals surface area contributed by atoms with Crippen LogP contribution < -0.4 is 0 Å². The second-order valence-corrected chi connectivity index (χ2v) is 7.25. The van der Waals surface area contributed by atoms with Crippen LogP contribution in [0.3, 0.4) is 0 Å². The van der Waals surface area contributed by atoms with Gasteiger partial charge in [0, 0.05) is 0 Å². The summed E-state index contributed by atoms with van der Waals surface area (Å²) in [5.41, 5.74) is 0. The average molecular weight is 242 g/mol. The minimum atomic E-state index is 0.505. The zero-order chi connectivity index (χ0) is 13.1. The minimum Gasteiger partial charge on any atom is -0.372 e. The predicted octanol–water partition coefficient (Wildman–Crippen LogP) is 3.17. The Morgan fingerprint density at radius 2 is 1.82 bits per heavy atom. The van der Waals surface area contributed by atoms with Crippen molar-refractivity contribution in [1.29, 1.82) is 0 Å². The van der Waals surface area contributed by atoms with E-state index in [1.54, 1.807) is 0 Å². The van der Waals surface area contributed by atoms with Gasteiger partial charge in [0.1, 0.15) is 6.54 Å². The molecule has 0 unspecified atom stereocenters. The highest BCUT2D eigenvalue weighted by Gasteiger charge is 2.31. The highest BCUT2D eigenvalue weighted by atomic mass is 16.5. The number of hydrogen-bond acceptors (Lipinski definition) is 1. The van der Waals surface area contributed by atoms with Crippen LogP contribution in [0.1, 0.15) is 40.0 Å². The van der Waals surface area contributed by atoms with Crippen molar-refractivity contribution in [3.8, 4) is 0 Å². The molecule has 0 amide bonds. The lowest BCUT2D eigenvalue weighted by Gasteiger charge is -2.37. The lowest BCUT2D eigenvalue weighted by molar-refractivity contribution is -0.870. The van der Waals surface area contributed by atoms with E-state index in [0.29, 0.717) is 6.10 Å². The lowest BCUT2D eigenvalue weighted by Crippen LogP contribution is -2.40. The number of quaternary nitrogens is 1. The molecule has 0 heterocycles. The topological polar surface area (TPSA) is 9.23 Å². The summed E-state index contributed by atoms with van der Waals surface area (Å²) in [7, 11) is 6.69. The summed E-state index contributed by atoms with van der Waals surface area (Å²) in [6.07, 6.45) is 4.51. The molecule has 0 aromatic carbocycles. The summed E-state index contributed by atoms with van der Waals surface area (Å²) in [4.78, 5) is 0. The highest BCUT2D eigenvalue weighted by Crippen LogP contribution is 2.35. The molecule has 1 aliphatic rings. The van der Waals surface area contributed by atoms with Crippen molar-refractivity contribution in [2.45, 2.75) is 46.1 Å². The predicted molar refractivity (Wildman–Crippen MR) is 74.0 cm³/mol. The maximum atomic E-state index is 6.19. The zero-order valence-electron chi connectivity index (χ0n) is 12.7. The second-order valence-electron chi connectivity index (χ2n) is 7.25. The van der Waals surface area contributed by atoms with Crippen molar-refractivity contribution in [2.75, 3.05) is 34.3 Å². The Labute approximate surface area is 108 Å². The van der Waals surface area contributed by atoms with E-state index >= 15 is 0 Å². The van der Waals surface area contributed by atoms with E-state index in [2.05, 4.69) is 41.9 Å². The molecule has 1 fully saturated rings. The molecule has 0 bridgehead atoms. The molecule has 0 N–H and O–H groups in total. The van der Waals surface area contributed by atoms with Gasteiger partial charge in [0.05, 0.1) is 33.9 Å². The van der Waals surface area contributed by atoms with Crippen LogP contribution in [-0.4, -0.2) is 44.9 Å². The van der Waals surface area contributed by atoms with Gasteiger partial charge in [0.15, 0.2) is 0 Å². The van der Waals surface area contributed by atoms with Crippen molar-refractivity contribution < 1.29 is 9.22 Å². The lowest BCUT2D eigenvalue weighted by atomic mass is 9.75. The fraction of sp³-hybridized carbons (Fsp3) is 1.00. The molecule has 0 saturated heterocycles. The maximum Gasteiger partial charge on any atom is 0.102 e. The second kappa shape index (κ2) is 6.19. The Bertz CT molecular complexity index is 219. The van der Waals surface area contributed by atoms with Crippen LogP contribution in [0.25, 0.3) is 0 Å². The van der Waals surface area contributed by atoms with Crippen molar-refractivity contribution in [2.24, 2.45) is 17.8 Å². The SMILES string of the molecule is CC(C)[C@@H]1CC[C@@H](C)C[C@@H]1OCC[N+](C)(C)C. The van der Waals surface area contributed by atoms with Crippen molar-refractivity contribution in [3.63, 3.8) is 0 Å². The Balaban J connectivity index is 2.41. The molecule has 0 aromatic heterocycles. The monoisotopic (exact) mass is 242 g/mol. The van der Waals surface area contributed by atoms with E-state index in [4.69, 9.17) is 4.74 Å². The van der Waals surface area contributed by atoms with Crippen LogP contribution >= 0.6 is 0 Å². The first-order valence-corrected chi connectivity index (χ1v) is 7.21. The van der Waals surface area contributed by atoms with Gasteiger partial charge in [0.2, 0.25) is 0 Å². The van der Waals surface area contributed by atoms with E-state index in [1.165, 1.54) is 19.3 Å². The molecule has 0 spiro atoms. The molecular formula is C15H32NO+. The molecule has 102 valence electrons. The summed E-state index contributed by atoms with van der Waals surface area (Å²) >= 11 is 0. The number of nitrogens with zero attached hydrogens (tertiary/aromatic N) is 1. The van der Waals surface area contributed by atoms with Gasteiger partial charge in [-0.3, -0.25) is 0 Å². The zero-order valence-corrected chi connectivity index (χ0v) is 12.7. The van der Waals surface area contributed by atoms with E-state index in [9.17, 15) is 0 Å². The van der Waals surface area contributed by atoms with Gasteiger partial charge >= 0.3 is 0 Å². The molecular weight excluding hydrogens is 210 g/mol. The first-order chi connectivity index (χ1) is 7.79. The van der Waals surface area contributed by atoms with Crippen LogP contribution in [0.15, 0.2) is 0 Å². The first-order valence-electron chi connectivity index (χ1n) is 7.21. The van der Waals surface area contributed by atoms with Crippen molar-refractivity contribution >= 4 is 0 Å². The molecule has 3 atom stereocenters. The normalized spacial score (nSPS) is 30.9. The van der Waals surface area contributed by atoms with Gasteiger partial charge < -0.3 is 9.22 Å². The third-order valence-corrected chi connectivity index (χ3v) is 4.06. The van der Waals surface area contributed by atoms with E-state index in [1.807, 2.05) is 0 Å². The molecule has 0 radical (unpaired) electrons. The van der Waals surface area contributed by atoms with Crippen molar-refractivity contribution in [1.82, 2.24) is 0 Å². The summed E-state index contributed by atoms with van der Waals surface area (Å²) in [6, 6.07) is 0. The fourth-order valence-electron chi connectivity index (χ4n) is 2.78. The number of ether oxygens (including phenoxy) is 1. The number of hydrogen-bond donors (Lipinski definition) is 0. The fourth-order valence-corrected chi connectivity index (χ4v) is 2.78. The van der Waals surface area contributed by atoms with Gasteiger partial charge in [-0.15, -0.1) is 0 Å². The van der Waals surface area contributed by atoms with Crippen LogP contribution in [0.2, 0.25) is 0 Å². The smallest absolute Gasteiger partial charge is 0.102 e. The molecule has 1 aliphatic carbocycles. The Kier molecular flexibility index (Phi) is 5.46. The van der Waals surface area contributed by atoms with E-state index in [0.717, 1.165) is 35.4 Å². The van der Waals surface area contributed by atoms with Gasteiger partial charge in [-0.2, -0.15) is 0 Å². The van der Waals surface area contributed by atoms with Crippen LogP contribution in [0.4, 0.5) is 0 Å². The Morgan fingerprint density at radius 3 is 2.35 bits per heavy atom. The minimum absolute atomic E-state index is 0.505. The van der Waals surface area contributed by atoms with E-state index < -0.39 is 0 Å². The molecule has 2 nitrogen and oxygen atoms in total. The van der Waals surface area contributed by atoms with Gasteiger partial charge in [-0.1, -0.05) is 27.2 Å².